The molecule has 0 fully saturated rings. The van der Waals surface area contributed by atoms with Crippen LogP contribution in [0.15, 0.2) is 24.3 Å². The van der Waals surface area contributed by atoms with Crippen molar-refractivity contribution < 1.29 is 4.74 Å². The molecule has 0 saturated carbocycles. The first-order valence-corrected chi connectivity index (χ1v) is 6.29. The molecule has 0 atom stereocenters. The van der Waals surface area contributed by atoms with Crippen LogP contribution in [0.3, 0.4) is 0 Å². The van der Waals surface area contributed by atoms with E-state index in [1.54, 1.807) is 7.11 Å². The molecule has 1 aromatic heterocycles. The highest BCUT2D eigenvalue weighted by Gasteiger charge is 2.09. The van der Waals surface area contributed by atoms with Crippen molar-refractivity contribution in [1.29, 1.82) is 0 Å². The van der Waals surface area contributed by atoms with Crippen LogP contribution in [-0.2, 0) is 0 Å². The molecule has 0 saturated heterocycles. The predicted molar refractivity (Wildman–Crippen MR) is 70.7 cm³/mol. The Bertz CT molecular complexity index is 467. The Morgan fingerprint density at radius 2 is 2.00 bits per heavy atom. The number of rotatable bonds is 5. The second-order valence-electron chi connectivity index (χ2n) is 3.62. The molecule has 1 N–H and O–H groups in total. The number of hydrogen-bond acceptors (Lipinski definition) is 5. The Morgan fingerprint density at radius 1 is 1.24 bits per heavy atom. The third kappa shape index (κ3) is 2.74. The van der Waals surface area contributed by atoms with E-state index < -0.39 is 0 Å². The van der Waals surface area contributed by atoms with Gasteiger partial charge in [-0.3, -0.25) is 0 Å². The van der Waals surface area contributed by atoms with Crippen LogP contribution >= 0.6 is 11.7 Å². The van der Waals surface area contributed by atoms with Crippen LogP contribution in [0.5, 0.6) is 5.75 Å². The molecule has 5 heteroatoms. The van der Waals surface area contributed by atoms with E-state index in [0.717, 1.165) is 35.8 Å². The van der Waals surface area contributed by atoms with Crippen molar-refractivity contribution in [1.82, 2.24) is 8.75 Å². The summed E-state index contributed by atoms with van der Waals surface area (Å²) in [6.07, 6.45) is 1.07. The van der Waals surface area contributed by atoms with E-state index >= 15 is 0 Å². The minimum absolute atomic E-state index is 0.847. The third-order valence-electron chi connectivity index (χ3n) is 2.39. The van der Waals surface area contributed by atoms with Gasteiger partial charge in [0.05, 0.1) is 18.8 Å². The molecule has 1 aromatic carbocycles. The fourth-order valence-corrected chi connectivity index (χ4v) is 2.03. The lowest BCUT2D eigenvalue weighted by molar-refractivity contribution is 0.415. The molecule has 0 aliphatic rings. The van der Waals surface area contributed by atoms with E-state index in [1.165, 1.54) is 11.7 Å². The molecular formula is C12H15N3OS. The number of nitrogens with zero attached hydrogens (tertiary/aromatic N) is 2. The maximum atomic E-state index is 5.13. The smallest absolute Gasteiger partial charge is 0.168 e. The van der Waals surface area contributed by atoms with Gasteiger partial charge in [0.25, 0.3) is 0 Å². The molecule has 0 spiro atoms. The number of ether oxygens (including phenoxy) is 1. The normalized spacial score (nSPS) is 10.2. The first-order chi connectivity index (χ1) is 8.35. The van der Waals surface area contributed by atoms with Crippen molar-refractivity contribution in [3.63, 3.8) is 0 Å². The largest absolute Gasteiger partial charge is 0.497 e. The summed E-state index contributed by atoms with van der Waals surface area (Å²) in [6, 6.07) is 7.84. The summed E-state index contributed by atoms with van der Waals surface area (Å²) in [7, 11) is 1.66. The SMILES string of the molecule is CCCNc1nsnc1-c1ccc(OC)cc1. The van der Waals surface area contributed by atoms with Crippen LogP contribution < -0.4 is 10.1 Å². The Hall–Kier alpha value is -1.62. The van der Waals surface area contributed by atoms with Crippen molar-refractivity contribution in [2.75, 3.05) is 19.0 Å². The lowest BCUT2D eigenvalue weighted by Crippen LogP contribution is -2.01. The van der Waals surface area contributed by atoms with Gasteiger partial charge in [0.2, 0.25) is 0 Å². The molecule has 90 valence electrons. The molecule has 0 amide bonds. The molecule has 1 heterocycles. The van der Waals surface area contributed by atoms with Crippen LogP contribution in [0, 0.1) is 0 Å². The summed E-state index contributed by atoms with van der Waals surface area (Å²) in [4.78, 5) is 0. The molecule has 2 aromatic rings. The number of hydrogen-bond donors (Lipinski definition) is 1. The maximum Gasteiger partial charge on any atom is 0.168 e. The summed E-state index contributed by atoms with van der Waals surface area (Å²) in [5.41, 5.74) is 1.96. The minimum Gasteiger partial charge on any atom is -0.497 e. The standard InChI is InChI=1S/C12H15N3OS/c1-3-8-13-12-11(14-17-15-12)9-4-6-10(16-2)7-5-9/h4-7H,3,8H2,1-2H3,(H,13,15). The number of nitrogens with one attached hydrogen (secondary N) is 1. The summed E-state index contributed by atoms with van der Waals surface area (Å²) in [6.45, 7) is 3.04. The number of benzene rings is 1. The van der Waals surface area contributed by atoms with Gasteiger partial charge in [-0.05, 0) is 30.7 Å². The number of methoxy groups -OCH3 is 1. The predicted octanol–water partition coefficient (Wildman–Crippen LogP) is 3.04. The Kier molecular flexibility index (Phi) is 3.93. The lowest BCUT2D eigenvalue weighted by Gasteiger charge is -2.04. The molecule has 0 radical (unpaired) electrons. The van der Waals surface area contributed by atoms with Gasteiger partial charge in [-0.1, -0.05) is 6.92 Å². The molecule has 0 aliphatic carbocycles. The first-order valence-electron chi connectivity index (χ1n) is 5.56. The fraction of sp³-hybridized carbons (Fsp3) is 0.333. The van der Waals surface area contributed by atoms with E-state index in [0.29, 0.717) is 0 Å². The summed E-state index contributed by atoms with van der Waals surface area (Å²) in [5.74, 6) is 1.71. The molecule has 2 rings (SSSR count). The maximum absolute atomic E-state index is 5.13. The van der Waals surface area contributed by atoms with Gasteiger partial charge in [-0.25, -0.2) is 0 Å². The average molecular weight is 249 g/mol. The van der Waals surface area contributed by atoms with Crippen LogP contribution in [0.25, 0.3) is 11.3 Å². The summed E-state index contributed by atoms with van der Waals surface area (Å²) in [5, 5.41) is 3.28. The Balaban J connectivity index is 2.23. The van der Waals surface area contributed by atoms with Crippen molar-refractivity contribution in [2.45, 2.75) is 13.3 Å². The van der Waals surface area contributed by atoms with E-state index in [2.05, 4.69) is 21.0 Å². The van der Waals surface area contributed by atoms with Gasteiger partial charge < -0.3 is 10.1 Å². The van der Waals surface area contributed by atoms with E-state index in [9.17, 15) is 0 Å². The Morgan fingerprint density at radius 3 is 2.65 bits per heavy atom. The zero-order valence-electron chi connectivity index (χ0n) is 9.93. The quantitative estimate of drug-likeness (QED) is 0.884. The minimum atomic E-state index is 0.847. The highest BCUT2D eigenvalue weighted by atomic mass is 32.1. The van der Waals surface area contributed by atoms with Gasteiger partial charge in [0, 0.05) is 12.1 Å². The van der Waals surface area contributed by atoms with Crippen molar-refractivity contribution >= 4 is 17.5 Å². The van der Waals surface area contributed by atoms with E-state index in [4.69, 9.17) is 4.74 Å². The van der Waals surface area contributed by atoms with E-state index in [-0.39, 0.29) is 0 Å². The van der Waals surface area contributed by atoms with Gasteiger partial charge >= 0.3 is 0 Å². The number of anilines is 1. The average Bonchev–Trinajstić information content (AvgIpc) is 2.84. The van der Waals surface area contributed by atoms with E-state index in [1.807, 2.05) is 24.3 Å². The topological polar surface area (TPSA) is 47.0 Å². The molecule has 0 bridgehead atoms. The van der Waals surface area contributed by atoms with Crippen LogP contribution in [-0.4, -0.2) is 22.4 Å². The van der Waals surface area contributed by atoms with Crippen molar-refractivity contribution in [2.24, 2.45) is 0 Å². The zero-order chi connectivity index (χ0) is 12.1. The van der Waals surface area contributed by atoms with Crippen molar-refractivity contribution in [3.8, 4) is 17.0 Å². The van der Waals surface area contributed by atoms with Gasteiger partial charge in [0.1, 0.15) is 11.4 Å². The first kappa shape index (κ1) is 11.9. The molecule has 17 heavy (non-hydrogen) atoms. The molecule has 4 nitrogen and oxygen atoms in total. The fourth-order valence-electron chi connectivity index (χ4n) is 1.49. The van der Waals surface area contributed by atoms with Gasteiger partial charge in [-0.2, -0.15) is 8.75 Å². The van der Waals surface area contributed by atoms with Crippen LogP contribution in [0.4, 0.5) is 5.82 Å². The molecule has 0 unspecified atom stereocenters. The van der Waals surface area contributed by atoms with Gasteiger partial charge in [0.15, 0.2) is 5.82 Å². The lowest BCUT2D eigenvalue weighted by atomic mass is 10.1. The summed E-state index contributed by atoms with van der Waals surface area (Å²) >= 11 is 1.23. The molecule has 0 aliphatic heterocycles. The molecular weight excluding hydrogens is 234 g/mol. The highest BCUT2D eigenvalue weighted by Crippen LogP contribution is 2.27. The van der Waals surface area contributed by atoms with Crippen LogP contribution in [0.2, 0.25) is 0 Å². The summed E-state index contributed by atoms with van der Waals surface area (Å²) < 4.78 is 13.7. The zero-order valence-corrected chi connectivity index (χ0v) is 10.8. The second kappa shape index (κ2) is 5.63. The number of aromatic nitrogens is 2. The monoisotopic (exact) mass is 249 g/mol. The van der Waals surface area contributed by atoms with Crippen LogP contribution in [0.1, 0.15) is 13.3 Å². The highest BCUT2D eigenvalue weighted by molar-refractivity contribution is 6.99. The second-order valence-corrected chi connectivity index (χ2v) is 4.15. The Labute approximate surface area is 105 Å². The van der Waals surface area contributed by atoms with Gasteiger partial charge in [-0.15, -0.1) is 0 Å². The third-order valence-corrected chi connectivity index (χ3v) is 2.92. The van der Waals surface area contributed by atoms with Crippen molar-refractivity contribution in [3.05, 3.63) is 24.3 Å².